The summed E-state index contributed by atoms with van der Waals surface area (Å²) in [5, 5.41) is 3.10. The molecule has 0 bridgehead atoms. The number of nitrogens with one attached hydrogen (secondary N) is 1. The molecule has 5 nitrogen and oxygen atoms in total. The van der Waals surface area contributed by atoms with E-state index in [1.807, 2.05) is 24.4 Å². The Hall–Kier alpha value is -3.60. The predicted molar refractivity (Wildman–Crippen MR) is 144 cm³/mol. The van der Waals surface area contributed by atoms with Crippen LogP contribution < -0.4 is 10.2 Å². The molecule has 4 aromatic rings. The molecule has 0 radical (unpaired) electrons. The molecule has 1 aliphatic heterocycles. The van der Waals surface area contributed by atoms with Crippen molar-refractivity contribution in [1.29, 1.82) is 0 Å². The monoisotopic (exact) mass is 466 g/mol. The van der Waals surface area contributed by atoms with Gasteiger partial charge in [0.15, 0.2) is 0 Å². The van der Waals surface area contributed by atoms with Crippen molar-refractivity contribution in [3.63, 3.8) is 0 Å². The first kappa shape index (κ1) is 23.2. The molecule has 1 fully saturated rings. The van der Waals surface area contributed by atoms with Gasteiger partial charge < -0.3 is 14.6 Å². The van der Waals surface area contributed by atoms with Gasteiger partial charge in [-0.3, -0.25) is 4.79 Å². The van der Waals surface area contributed by atoms with Crippen molar-refractivity contribution in [2.75, 3.05) is 23.3 Å². The summed E-state index contributed by atoms with van der Waals surface area (Å²) in [6.07, 6.45) is 4.72. The minimum absolute atomic E-state index is 0.0436. The van der Waals surface area contributed by atoms with Gasteiger partial charge in [-0.2, -0.15) is 0 Å². The second-order valence-electron chi connectivity index (χ2n) is 10.0. The minimum atomic E-state index is -0.0436. The van der Waals surface area contributed by atoms with Gasteiger partial charge in [0.25, 0.3) is 0 Å². The van der Waals surface area contributed by atoms with Crippen LogP contribution in [-0.4, -0.2) is 28.4 Å². The normalized spacial score (nSPS) is 14.5. The summed E-state index contributed by atoms with van der Waals surface area (Å²) in [6.45, 7) is 10.8. The van der Waals surface area contributed by atoms with E-state index in [9.17, 15) is 4.79 Å². The van der Waals surface area contributed by atoms with Crippen LogP contribution in [0.3, 0.4) is 0 Å². The van der Waals surface area contributed by atoms with Crippen LogP contribution in [0, 0.1) is 26.7 Å². The standard InChI is InChI=1S/C30H34N4O/c1-20-13-16-33(17-14-20)26-11-9-25(10-12-26)31-28(35)19-27-29(24-8-7-21(2)23(4)18-24)32-30-22(3)6-5-15-34(27)30/h5-12,15,18,20H,13-14,16-17,19H2,1-4H3,(H,31,35). The van der Waals surface area contributed by atoms with Crippen molar-refractivity contribution in [3.05, 3.63) is 83.2 Å². The number of rotatable bonds is 5. The van der Waals surface area contributed by atoms with E-state index < -0.39 is 0 Å². The zero-order chi connectivity index (χ0) is 24.5. The lowest BCUT2D eigenvalue weighted by molar-refractivity contribution is -0.115. The number of aromatic nitrogens is 2. The summed E-state index contributed by atoms with van der Waals surface area (Å²) in [6, 6.07) is 18.7. The molecule has 0 saturated carbocycles. The summed E-state index contributed by atoms with van der Waals surface area (Å²) >= 11 is 0. The van der Waals surface area contributed by atoms with Crippen molar-refractivity contribution < 1.29 is 4.79 Å². The first-order valence-corrected chi connectivity index (χ1v) is 12.6. The molecule has 0 spiro atoms. The second-order valence-corrected chi connectivity index (χ2v) is 10.0. The van der Waals surface area contributed by atoms with Gasteiger partial charge in [0, 0.05) is 36.2 Å². The number of nitrogens with zero attached hydrogens (tertiary/aromatic N) is 3. The number of hydrogen-bond acceptors (Lipinski definition) is 3. The highest BCUT2D eigenvalue weighted by Gasteiger charge is 2.19. The van der Waals surface area contributed by atoms with Crippen LogP contribution >= 0.6 is 0 Å². The maximum atomic E-state index is 13.2. The molecular weight excluding hydrogens is 432 g/mol. The number of imidazole rings is 1. The molecule has 0 aliphatic carbocycles. The van der Waals surface area contributed by atoms with Crippen LogP contribution in [0.4, 0.5) is 11.4 Å². The summed E-state index contributed by atoms with van der Waals surface area (Å²) < 4.78 is 2.06. The fourth-order valence-corrected chi connectivity index (χ4v) is 4.92. The number of hydrogen-bond donors (Lipinski definition) is 1. The van der Waals surface area contributed by atoms with E-state index in [1.54, 1.807) is 0 Å². The number of carbonyl (C=O) groups is 1. The quantitative estimate of drug-likeness (QED) is 0.373. The third-order valence-electron chi connectivity index (χ3n) is 7.35. The largest absolute Gasteiger partial charge is 0.372 e. The summed E-state index contributed by atoms with van der Waals surface area (Å²) in [5.41, 5.74) is 9.31. The minimum Gasteiger partial charge on any atom is -0.372 e. The Labute approximate surface area is 207 Å². The Morgan fingerprint density at radius 1 is 0.971 bits per heavy atom. The van der Waals surface area contributed by atoms with Crippen LogP contribution in [0.2, 0.25) is 0 Å². The molecule has 1 saturated heterocycles. The van der Waals surface area contributed by atoms with Crippen molar-refractivity contribution in [2.45, 2.75) is 47.0 Å². The number of fused-ring (bicyclic) bond motifs is 1. The van der Waals surface area contributed by atoms with Crippen molar-refractivity contribution in [1.82, 2.24) is 9.38 Å². The first-order valence-electron chi connectivity index (χ1n) is 12.6. The lowest BCUT2D eigenvalue weighted by Crippen LogP contribution is -2.32. The van der Waals surface area contributed by atoms with Crippen LogP contribution in [0.15, 0.2) is 60.8 Å². The molecule has 1 amide bonds. The van der Waals surface area contributed by atoms with Gasteiger partial charge in [-0.25, -0.2) is 4.98 Å². The molecule has 5 rings (SSSR count). The fraction of sp³-hybridized carbons (Fsp3) is 0.333. The van der Waals surface area contributed by atoms with Gasteiger partial charge >= 0.3 is 0 Å². The van der Waals surface area contributed by atoms with E-state index in [4.69, 9.17) is 4.98 Å². The van der Waals surface area contributed by atoms with Crippen molar-refractivity contribution in [2.24, 2.45) is 5.92 Å². The van der Waals surface area contributed by atoms with Gasteiger partial charge in [0.1, 0.15) is 5.65 Å². The zero-order valence-corrected chi connectivity index (χ0v) is 21.1. The predicted octanol–water partition coefficient (Wildman–Crippen LogP) is 6.34. The smallest absolute Gasteiger partial charge is 0.230 e. The van der Waals surface area contributed by atoms with E-state index in [-0.39, 0.29) is 12.3 Å². The zero-order valence-electron chi connectivity index (χ0n) is 21.1. The third kappa shape index (κ3) is 4.81. The Morgan fingerprint density at radius 3 is 2.43 bits per heavy atom. The fourth-order valence-electron chi connectivity index (χ4n) is 4.92. The van der Waals surface area contributed by atoms with Crippen molar-refractivity contribution in [3.8, 4) is 11.3 Å². The molecule has 2 aromatic heterocycles. The molecule has 3 heterocycles. The number of benzene rings is 2. The van der Waals surface area contributed by atoms with Crippen LogP contribution in [-0.2, 0) is 11.2 Å². The average Bonchev–Trinajstić information content (AvgIpc) is 3.21. The Bertz CT molecular complexity index is 1360. The number of pyridine rings is 1. The molecule has 0 unspecified atom stereocenters. The topological polar surface area (TPSA) is 49.6 Å². The van der Waals surface area contributed by atoms with Gasteiger partial charge in [0.2, 0.25) is 5.91 Å². The third-order valence-corrected chi connectivity index (χ3v) is 7.35. The first-order chi connectivity index (χ1) is 16.9. The maximum Gasteiger partial charge on any atom is 0.230 e. The van der Waals surface area contributed by atoms with Gasteiger partial charge in [-0.1, -0.05) is 25.1 Å². The number of piperidine rings is 1. The summed E-state index contributed by atoms with van der Waals surface area (Å²) in [7, 11) is 0. The molecule has 1 N–H and O–H groups in total. The van der Waals surface area contributed by atoms with Gasteiger partial charge in [-0.15, -0.1) is 0 Å². The van der Waals surface area contributed by atoms with Crippen molar-refractivity contribution >= 4 is 22.9 Å². The molecule has 1 aliphatic rings. The second kappa shape index (κ2) is 9.57. The van der Waals surface area contributed by atoms with Crippen LogP contribution in [0.1, 0.15) is 42.1 Å². The van der Waals surface area contributed by atoms with E-state index in [2.05, 4.69) is 78.7 Å². The SMILES string of the molecule is Cc1ccc(-c2nc3c(C)cccn3c2CC(=O)Nc2ccc(N3CCC(C)CC3)cc2)cc1C. The van der Waals surface area contributed by atoms with E-state index in [0.29, 0.717) is 0 Å². The molecule has 0 atom stereocenters. The number of carbonyl (C=O) groups excluding carboxylic acids is 1. The van der Waals surface area contributed by atoms with Gasteiger partial charge in [-0.05, 0) is 92.6 Å². The molecule has 180 valence electrons. The Kier molecular flexibility index (Phi) is 6.33. The molecule has 2 aromatic carbocycles. The maximum absolute atomic E-state index is 13.2. The van der Waals surface area contributed by atoms with E-state index in [0.717, 1.165) is 52.9 Å². The lowest BCUT2D eigenvalue weighted by Gasteiger charge is -2.32. The van der Waals surface area contributed by atoms with Crippen LogP contribution in [0.25, 0.3) is 16.9 Å². The van der Waals surface area contributed by atoms with Crippen LogP contribution in [0.5, 0.6) is 0 Å². The highest BCUT2D eigenvalue weighted by molar-refractivity contribution is 5.93. The Balaban J connectivity index is 1.38. The van der Waals surface area contributed by atoms with E-state index in [1.165, 1.54) is 29.7 Å². The highest BCUT2D eigenvalue weighted by atomic mass is 16.1. The summed E-state index contributed by atoms with van der Waals surface area (Å²) in [4.78, 5) is 20.6. The molecule has 5 heteroatoms. The lowest BCUT2D eigenvalue weighted by atomic mass is 9.99. The summed E-state index contributed by atoms with van der Waals surface area (Å²) in [5.74, 6) is 0.764. The number of amides is 1. The number of anilines is 2. The highest BCUT2D eigenvalue weighted by Crippen LogP contribution is 2.29. The van der Waals surface area contributed by atoms with E-state index >= 15 is 0 Å². The average molecular weight is 467 g/mol. The molecule has 35 heavy (non-hydrogen) atoms. The molecular formula is C30H34N4O. The number of aryl methyl sites for hydroxylation is 3. The Morgan fingerprint density at radius 2 is 1.71 bits per heavy atom. The van der Waals surface area contributed by atoms with Gasteiger partial charge in [0.05, 0.1) is 17.8 Å².